The Kier molecular flexibility index (Phi) is 4.99. The van der Waals surface area contributed by atoms with E-state index in [0.717, 1.165) is 0 Å². The van der Waals surface area contributed by atoms with E-state index in [-0.39, 0.29) is 16.3 Å². The number of nitrogens with one attached hydrogen (secondary N) is 1. The summed E-state index contributed by atoms with van der Waals surface area (Å²) in [6.45, 7) is 3.17. The van der Waals surface area contributed by atoms with Crippen molar-refractivity contribution >= 4 is 27.1 Å². The van der Waals surface area contributed by atoms with Gasteiger partial charge in [0.25, 0.3) is 11.6 Å². The first-order valence-corrected chi connectivity index (χ1v) is 8.79. The molecule has 24 heavy (non-hydrogen) atoms. The molecule has 1 N–H and O–H groups in total. The fraction of sp³-hybridized carbons (Fsp3) is 0.188. The quantitative estimate of drug-likeness (QED) is 0.660. The molecule has 2 aromatic carbocycles. The number of hydrogen-bond acceptors (Lipinski definition) is 5. The Labute approximate surface area is 139 Å². The Morgan fingerprint density at radius 3 is 2.29 bits per heavy atom. The second-order valence-electron chi connectivity index (χ2n) is 5.14. The van der Waals surface area contributed by atoms with Crippen LogP contribution in [0.3, 0.4) is 0 Å². The second kappa shape index (κ2) is 6.79. The number of carbonyl (C=O) groups is 1. The summed E-state index contributed by atoms with van der Waals surface area (Å²) >= 11 is 0. The van der Waals surface area contributed by atoms with Crippen molar-refractivity contribution in [2.75, 3.05) is 11.1 Å². The Morgan fingerprint density at radius 2 is 1.79 bits per heavy atom. The number of sulfone groups is 1. The molecule has 7 nitrogen and oxygen atoms in total. The molecule has 0 heterocycles. The highest BCUT2D eigenvalue weighted by Crippen LogP contribution is 2.20. The summed E-state index contributed by atoms with van der Waals surface area (Å²) in [5, 5.41) is 13.4. The molecule has 2 rings (SSSR count). The molecule has 0 aromatic heterocycles. The lowest BCUT2D eigenvalue weighted by molar-refractivity contribution is -0.384. The van der Waals surface area contributed by atoms with Crippen LogP contribution in [0.1, 0.15) is 22.8 Å². The van der Waals surface area contributed by atoms with Crippen LogP contribution in [0.15, 0.2) is 47.4 Å². The fourth-order valence-corrected chi connectivity index (χ4v) is 3.01. The molecule has 0 unspecified atom stereocenters. The standard InChI is InChI=1S/C16H16N2O5S/c1-3-24(22,23)14-7-4-12(5-8-14)17-16(19)15-9-6-13(18(20)21)10-11(15)2/h4-10H,3H2,1-2H3,(H,17,19). The normalized spacial score (nSPS) is 11.1. The van der Waals surface area contributed by atoms with Gasteiger partial charge in [-0.1, -0.05) is 6.92 Å². The first-order chi connectivity index (χ1) is 11.2. The maximum absolute atomic E-state index is 12.3. The molecule has 0 fully saturated rings. The zero-order chi connectivity index (χ0) is 17.9. The minimum Gasteiger partial charge on any atom is -0.322 e. The predicted molar refractivity (Wildman–Crippen MR) is 90.0 cm³/mol. The van der Waals surface area contributed by atoms with Gasteiger partial charge in [0.05, 0.1) is 15.6 Å². The summed E-state index contributed by atoms with van der Waals surface area (Å²) in [5.74, 6) is -0.422. The smallest absolute Gasteiger partial charge is 0.269 e. The van der Waals surface area contributed by atoms with E-state index in [1.807, 2.05) is 0 Å². The first kappa shape index (κ1) is 17.6. The molecule has 0 aliphatic carbocycles. The summed E-state index contributed by atoms with van der Waals surface area (Å²) in [6.07, 6.45) is 0. The summed E-state index contributed by atoms with van der Waals surface area (Å²) in [5.41, 5.74) is 1.14. The molecule has 0 aliphatic rings. The molecule has 0 aliphatic heterocycles. The van der Waals surface area contributed by atoms with Crippen molar-refractivity contribution in [2.24, 2.45) is 0 Å². The van der Waals surface area contributed by atoms with Gasteiger partial charge in [0.1, 0.15) is 0 Å². The Hall–Kier alpha value is -2.74. The van der Waals surface area contributed by atoms with Gasteiger partial charge in [0, 0.05) is 23.4 Å². The van der Waals surface area contributed by atoms with Gasteiger partial charge in [-0.15, -0.1) is 0 Å². The van der Waals surface area contributed by atoms with Crippen LogP contribution in [0.4, 0.5) is 11.4 Å². The van der Waals surface area contributed by atoms with Crippen LogP contribution in [0, 0.1) is 17.0 Å². The zero-order valence-corrected chi connectivity index (χ0v) is 14.0. The summed E-state index contributed by atoms with van der Waals surface area (Å²) in [6, 6.07) is 9.83. The third-order valence-electron chi connectivity index (χ3n) is 3.52. The van der Waals surface area contributed by atoms with E-state index in [1.54, 1.807) is 13.8 Å². The molecule has 0 spiro atoms. The van der Waals surface area contributed by atoms with Crippen molar-refractivity contribution in [1.82, 2.24) is 0 Å². The Bertz CT molecular complexity index is 889. The van der Waals surface area contributed by atoms with Crippen LogP contribution in [0.25, 0.3) is 0 Å². The van der Waals surface area contributed by atoms with E-state index in [0.29, 0.717) is 16.8 Å². The molecule has 0 saturated heterocycles. The van der Waals surface area contributed by atoms with E-state index >= 15 is 0 Å². The average molecular weight is 348 g/mol. The third kappa shape index (κ3) is 3.77. The van der Waals surface area contributed by atoms with Gasteiger partial charge in [-0.05, 0) is 42.8 Å². The molecule has 8 heteroatoms. The average Bonchev–Trinajstić information content (AvgIpc) is 2.55. The van der Waals surface area contributed by atoms with E-state index in [2.05, 4.69) is 5.32 Å². The summed E-state index contributed by atoms with van der Waals surface area (Å²) < 4.78 is 23.5. The molecule has 2 aromatic rings. The van der Waals surface area contributed by atoms with Crippen molar-refractivity contribution in [1.29, 1.82) is 0 Å². The van der Waals surface area contributed by atoms with E-state index < -0.39 is 20.7 Å². The number of hydrogen-bond donors (Lipinski definition) is 1. The van der Waals surface area contributed by atoms with Crippen molar-refractivity contribution in [3.05, 3.63) is 63.7 Å². The minimum atomic E-state index is -3.29. The summed E-state index contributed by atoms with van der Waals surface area (Å²) in [4.78, 5) is 22.6. The number of non-ortho nitro benzene ring substituents is 1. The molecular formula is C16H16N2O5S. The van der Waals surface area contributed by atoms with Crippen molar-refractivity contribution in [3.8, 4) is 0 Å². The third-order valence-corrected chi connectivity index (χ3v) is 5.27. The van der Waals surface area contributed by atoms with Gasteiger partial charge in [-0.2, -0.15) is 0 Å². The lowest BCUT2D eigenvalue weighted by Gasteiger charge is -2.08. The van der Waals surface area contributed by atoms with Crippen LogP contribution in [-0.4, -0.2) is 25.0 Å². The van der Waals surface area contributed by atoms with Gasteiger partial charge in [-0.25, -0.2) is 8.42 Å². The molecule has 1 amide bonds. The number of nitro groups is 1. The lowest BCUT2D eigenvalue weighted by Crippen LogP contribution is -2.13. The van der Waals surface area contributed by atoms with Gasteiger partial charge in [0.15, 0.2) is 9.84 Å². The van der Waals surface area contributed by atoms with Gasteiger partial charge < -0.3 is 5.32 Å². The molecular weight excluding hydrogens is 332 g/mol. The number of nitro benzene ring substituents is 1. The Morgan fingerprint density at radius 1 is 1.17 bits per heavy atom. The van der Waals surface area contributed by atoms with Crippen LogP contribution in [-0.2, 0) is 9.84 Å². The predicted octanol–water partition coefficient (Wildman–Crippen LogP) is 2.95. The van der Waals surface area contributed by atoms with Crippen LogP contribution >= 0.6 is 0 Å². The fourth-order valence-electron chi connectivity index (χ4n) is 2.13. The molecule has 0 atom stereocenters. The SMILES string of the molecule is CCS(=O)(=O)c1ccc(NC(=O)c2ccc([N+](=O)[O-])cc2C)cc1. The van der Waals surface area contributed by atoms with E-state index in [1.165, 1.54) is 42.5 Å². The highest BCUT2D eigenvalue weighted by molar-refractivity contribution is 7.91. The number of anilines is 1. The number of carbonyl (C=O) groups excluding carboxylic acids is 1. The summed E-state index contributed by atoms with van der Waals surface area (Å²) in [7, 11) is -3.29. The zero-order valence-electron chi connectivity index (χ0n) is 13.1. The lowest BCUT2D eigenvalue weighted by atomic mass is 10.1. The van der Waals surface area contributed by atoms with Gasteiger partial charge in [-0.3, -0.25) is 14.9 Å². The number of benzene rings is 2. The van der Waals surface area contributed by atoms with E-state index in [9.17, 15) is 23.3 Å². The number of rotatable bonds is 5. The van der Waals surface area contributed by atoms with Crippen molar-refractivity contribution < 1.29 is 18.1 Å². The van der Waals surface area contributed by atoms with Crippen LogP contribution in [0.2, 0.25) is 0 Å². The maximum atomic E-state index is 12.3. The maximum Gasteiger partial charge on any atom is 0.269 e. The number of amides is 1. The van der Waals surface area contributed by atoms with Gasteiger partial charge >= 0.3 is 0 Å². The molecule has 0 bridgehead atoms. The second-order valence-corrected chi connectivity index (χ2v) is 7.42. The number of nitrogens with zero attached hydrogens (tertiary/aromatic N) is 1. The minimum absolute atomic E-state index is 0.000690. The topological polar surface area (TPSA) is 106 Å². The largest absolute Gasteiger partial charge is 0.322 e. The highest BCUT2D eigenvalue weighted by atomic mass is 32.2. The Balaban J connectivity index is 2.20. The van der Waals surface area contributed by atoms with Crippen molar-refractivity contribution in [3.63, 3.8) is 0 Å². The van der Waals surface area contributed by atoms with Crippen LogP contribution < -0.4 is 5.32 Å². The molecule has 126 valence electrons. The highest BCUT2D eigenvalue weighted by Gasteiger charge is 2.15. The molecule has 0 saturated carbocycles. The van der Waals surface area contributed by atoms with Gasteiger partial charge in [0.2, 0.25) is 0 Å². The molecule has 0 radical (unpaired) electrons. The number of aryl methyl sites for hydroxylation is 1. The monoisotopic (exact) mass is 348 g/mol. The van der Waals surface area contributed by atoms with Crippen LogP contribution in [0.5, 0.6) is 0 Å². The first-order valence-electron chi connectivity index (χ1n) is 7.14. The van der Waals surface area contributed by atoms with E-state index in [4.69, 9.17) is 0 Å². The van der Waals surface area contributed by atoms with Crippen molar-refractivity contribution in [2.45, 2.75) is 18.7 Å².